The number of nitrogens with one attached hydrogen (secondary N) is 1. The van der Waals surface area contributed by atoms with Crippen molar-refractivity contribution in [3.63, 3.8) is 0 Å². The summed E-state index contributed by atoms with van der Waals surface area (Å²) in [5.41, 5.74) is 2.46. The largest absolute Gasteiger partial charge is 0.497 e. The molecule has 2 aromatic rings. The second-order valence-corrected chi connectivity index (χ2v) is 6.54. The Kier molecular flexibility index (Phi) is 6.37. The smallest absolute Gasteiger partial charge is 0.363 e. The fourth-order valence-corrected chi connectivity index (χ4v) is 2.54. The summed E-state index contributed by atoms with van der Waals surface area (Å²) in [4.78, 5) is 11.3. The van der Waals surface area contributed by atoms with Gasteiger partial charge in [-0.2, -0.15) is 8.42 Å². The summed E-state index contributed by atoms with van der Waals surface area (Å²) in [6.45, 7) is -0.0774. The van der Waals surface area contributed by atoms with E-state index in [4.69, 9.17) is 14.0 Å². The van der Waals surface area contributed by atoms with E-state index in [0.29, 0.717) is 11.5 Å². The van der Waals surface area contributed by atoms with E-state index < -0.39 is 15.4 Å². The van der Waals surface area contributed by atoms with Crippen molar-refractivity contribution in [1.29, 1.82) is 0 Å². The zero-order chi connectivity index (χ0) is 19.2. The summed E-state index contributed by atoms with van der Waals surface area (Å²) < 4.78 is 40.6. The predicted octanol–water partition coefficient (Wildman–Crippen LogP) is 2.73. The minimum atomic E-state index is -4.76. The van der Waals surface area contributed by atoms with Crippen molar-refractivity contribution in [3.8, 4) is 11.5 Å². The third-order valence-electron chi connectivity index (χ3n) is 3.59. The van der Waals surface area contributed by atoms with Gasteiger partial charge in [-0.25, -0.2) is 0 Å². The second kappa shape index (κ2) is 8.50. The highest BCUT2D eigenvalue weighted by atomic mass is 32.2. The van der Waals surface area contributed by atoms with Crippen molar-refractivity contribution < 1.29 is 27.2 Å². The summed E-state index contributed by atoms with van der Waals surface area (Å²) >= 11 is 0. The van der Waals surface area contributed by atoms with Crippen molar-refractivity contribution in [1.82, 2.24) is 5.32 Å². The molecule has 0 unspecified atom stereocenters. The molecule has 0 aliphatic heterocycles. The molecule has 0 radical (unpaired) electrons. The Bertz CT molecular complexity index is 837. The van der Waals surface area contributed by atoms with E-state index in [9.17, 15) is 13.2 Å². The van der Waals surface area contributed by atoms with Crippen LogP contribution in [0.25, 0.3) is 5.57 Å². The van der Waals surface area contributed by atoms with Gasteiger partial charge in [0.1, 0.15) is 11.5 Å². The van der Waals surface area contributed by atoms with E-state index >= 15 is 0 Å². The monoisotopic (exact) mass is 377 g/mol. The van der Waals surface area contributed by atoms with Gasteiger partial charge in [0.15, 0.2) is 0 Å². The van der Waals surface area contributed by atoms with E-state index in [0.717, 1.165) is 16.7 Å². The van der Waals surface area contributed by atoms with Gasteiger partial charge >= 0.3 is 15.4 Å². The van der Waals surface area contributed by atoms with Crippen LogP contribution in [0.2, 0.25) is 0 Å². The van der Waals surface area contributed by atoms with Gasteiger partial charge in [0, 0.05) is 6.54 Å². The van der Waals surface area contributed by atoms with Crippen LogP contribution in [0.1, 0.15) is 11.1 Å². The number of rotatable bonds is 6. The number of hydrogen-bond acceptors (Lipinski definition) is 5. The zero-order valence-electron chi connectivity index (χ0n) is 14.3. The summed E-state index contributed by atoms with van der Waals surface area (Å²) in [7, 11) is -1.62. The molecule has 7 nitrogen and oxygen atoms in total. The van der Waals surface area contributed by atoms with Crippen LogP contribution in [0.4, 0.5) is 4.79 Å². The first-order chi connectivity index (χ1) is 12.3. The third-order valence-corrected chi connectivity index (χ3v) is 4.20. The van der Waals surface area contributed by atoms with Gasteiger partial charge < -0.3 is 14.8 Å². The maximum atomic E-state index is 11.3. The van der Waals surface area contributed by atoms with Crippen LogP contribution >= 0.6 is 0 Å². The molecule has 0 aliphatic rings. The average molecular weight is 377 g/mol. The normalized spacial score (nSPS) is 10.7. The molecule has 0 heterocycles. The van der Waals surface area contributed by atoms with E-state index in [2.05, 4.69) is 5.32 Å². The highest BCUT2D eigenvalue weighted by Gasteiger charge is 2.16. The summed E-state index contributed by atoms with van der Waals surface area (Å²) in [6.07, 6.45) is 1.66. The van der Waals surface area contributed by atoms with Gasteiger partial charge in [0.25, 0.3) is 0 Å². The molecule has 0 spiro atoms. The van der Waals surface area contributed by atoms with Crippen molar-refractivity contribution >= 4 is 20.9 Å². The zero-order valence-corrected chi connectivity index (χ0v) is 15.1. The number of benzene rings is 2. The molecule has 0 atom stereocenters. The quantitative estimate of drug-likeness (QED) is 0.751. The minimum Gasteiger partial charge on any atom is -0.497 e. The lowest BCUT2D eigenvalue weighted by molar-refractivity contribution is 0.256. The molecule has 8 heteroatoms. The van der Waals surface area contributed by atoms with Gasteiger partial charge in [-0.1, -0.05) is 30.3 Å². The van der Waals surface area contributed by atoms with E-state index in [1.807, 2.05) is 24.3 Å². The Balaban J connectivity index is 2.33. The number of methoxy groups -OCH3 is 2. The van der Waals surface area contributed by atoms with Gasteiger partial charge in [0.05, 0.1) is 14.2 Å². The van der Waals surface area contributed by atoms with E-state index in [1.165, 1.54) is 0 Å². The molecule has 0 aromatic heterocycles. The Morgan fingerprint density at radius 2 is 1.38 bits per heavy atom. The van der Waals surface area contributed by atoms with Crippen LogP contribution < -0.4 is 14.8 Å². The van der Waals surface area contributed by atoms with Crippen molar-refractivity contribution in [3.05, 3.63) is 65.7 Å². The first-order valence-electron chi connectivity index (χ1n) is 7.59. The van der Waals surface area contributed by atoms with Crippen LogP contribution in [0.15, 0.2) is 54.6 Å². The Morgan fingerprint density at radius 1 is 0.962 bits per heavy atom. The van der Waals surface area contributed by atoms with Crippen molar-refractivity contribution in [2.24, 2.45) is 0 Å². The van der Waals surface area contributed by atoms with E-state index in [-0.39, 0.29) is 6.54 Å². The number of hydrogen-bond donors (Lipinski definition) is 2. The molecule has 1 amide bonds. The molecule has 0 aliphatic carbocycles. The number of carbonyl (C=O) groups is 1. The fourth-order valence-electron chi connectivity index (χ4n) is 2.27. The lowest BCUT2D eigenvalue weighted by Crippen LogP contribution is -2.29. The molecule has 0 saturated carbocycles. The first kappa shape index (κ1) is 19.5. The third kappa shape index (κ3) is 5.08. The molecule has 138 valence electrons. The van der Waals surface area contributed by atoms with Gasteiger partial charge in [-0.05, 0) is 41.0 Å². The molecule has 0 fully saturated rings. The van der Waals surface area contributed by atoms with Crippen LogP contribution in [-0.4, -0.2) is 39.0 Å². The SMILES string of the molecule is COc1ccc(C(=CCNC(=O)S(=O)(=O)O)c2ccc(OC)cc2)cc1. The molecule has 0 saturated heterocycles. The van der Waals surface area contributed by atoms with Gasteiger partial charge in [-0.15, -0.1) is 0 Å². The van der Waals surface area contributed by atoms with Crippen LogP contribution in [0.5, 0.6) is 11.5 Å². The standard InChI is InChI=1S/C18H19NO6S/c1-24-15-7-3-13(4-8-15)17(11-12-19-18(20)26(21,22)23)14-5-9-16(25-2)10-6-14/h3-11H,12H2,1-2H3,(H,19,20)(H,21,22,23). The molecular weight excluding hydrogens is 358 g/mol. The van der Waals surface area contributed by atoms with Gasteiger partial charge in [0.2, 0.25) is 0 Å². The summed E-state index contributed by atoms with van der Waals surface area (Å²) in [5, 5.41) is 0.688. The molecule has 26 heavy (non-hydrogen) atoms. The molecular formula is C18H19NO6S. The lowest BCUT2D eigenvalue weighted by Gasteiger charge is -2.11. The number of amides is 1. The van der Waals surface area contributed by atoms with E-state index in [1.54, 1.807) is 44.6 Å². The molecule has 2 N–H and O–H groups in total. The first-order valence-corrected chi connectivity index (χ1v) is 9.03. The Labute approximate surface area is 152 Å². The minimum absolute atomic E-state index is 0.0774. The highest BCUT2D eigenvalue weighted by Crippen LogP contribution is 2.26. The van der Waals surface area contributed by atoms with Crippen LogP contribution in [0, 0.1) is 0 Å². The highest BCUT2D eigenvalue weighted by molar-refractivity contribution is 8.01. The Morgan fingerprint density at radius 3 is 1.73 bits per heavy atom. The predicted molar refractivity (Wildman–Crippen MR) is 98.0 cm³/mol. The van der Waals surface area contributed by atoms with Crippen molar-refractivity contribution in [2.75, 3.05) is 20.8 Å². The van der Waals surface area contributed by atoms with Gasteiger partial charge in [-0.3, -0.25) is 9.35 Å². The summed E-state index contributed by atoms with van der Waals surface area (Å²) in [6, 6.07) is 14.6. The lowest BCUT2D eigenvalue weighted by atomic mass is 9.97. The molecule has 2 aromatic carbocycles. The fraction of sp³-hybridized carbons (Fsp3) is 0.167. The maximum Gasteiger partial charge on any atom is 0.363 e. The van der Waals surface area contributed by atoms with Crippen LogP contribution in [-0.2, 0) is 10.1 Å². The average Bonchev–Trinajstić information content (AvgIpc) is 2.64. The summed E-state index contributed by atoms with van der Waals surface area (Å²) in [5.74, 6) is 1.39. The Hall–Kier alpha value is -2.84. The maximum absolute atomic E-state index is 11.3. The second-order valence-electron chi connectivity index (χ2n) is 5.22. The topological polar surface area (TPSA) is 102 Å². The van der Waals surface area contributed by atoms with Crippen molar-refractivity contribution in [2.45, 2.75) is 0 Å². The molecule has 0 bridgehead atoms. The number of carbonyl (C=O) groups excluding carboxylic acids is 1. The molecule has 2 rings (SSSR count). The number of ether oxygens (including phenoxy) is 2. The van der Waals surface area contributed by atoms with Crippen LogP contribution in [0.3, 0.4) is 0 Å².